The van der Waals surface area contributed by atoms with Crippen LogP contribution in [0.2, 0.25) is 0 Å². The first kappa shape index (κ1) is 17.1. The van der Waals surface area contributed by atoms with Crippen molar-refractivity contribution in [1.29, 1.82) is 0 Å². The molecule has 1 rings (SSSR count). The normalized spacial score (nSPS) is 12.3. The second kappa shape index (κ2) is 9.04. The van der Waals surface area contributed by atoms with Gasteiger partial charge >= 0.3 is 0 Å². The van der Waals surface area contributed by atoms with E-state index in [4.69, 9.17) is 0 Å². The first-order valence-corrected chi connectivity index (χ1v) is 9.06. The summed E-state index contributed by atoms with van der Waals surface area (Å²) in [5.41, 5.74) is 0.403. The maximum atomic E-state index is 4.67. The van der Waals surface area contributed by atoms with Crippen LogP contribution in [0.25, 0.3) is 0 Å². The summed E-state index contributed by atoms with van der Waals surface area (Å²) in [4.78, 5) is 4.07. The van der Waals surface area contributed by atoms with Crippen molar-refractivity contribution in [2.75, 3.05) is 18.8 Å². The predicted octanol–water partition coefficient (Wildman–Crippen LogP) is 5.09. The smallest absolute Gasteiger partial charge is 0.0328 e. The highest BCUT2D eigenvalue weighted by Gasteiger charge is 2.29. The molecule has 110 valence electrons. The van der Waals surface area contributed by atoms with Crippen LogP contribution in [-0.2, 0) is 6.54 Å². The van der Waals surface area contributed by atoms with E-state index < -0.39 is 0 Å². The Kier molecular flexibility index (Phi) is 8.12. The summed E-state index contributed by atoms with van der Waals surface area (Å²) in [5, 5.41) is 2.17. The van der Waals surface area contributed by atoms with Crippen molar-refractivity contribution in [3.63, 3.8) is 0 Å². The topological polar surface area (TPSA) is 3.24 Å². The Hall–Kier alpha value is 0.01000. The number of hydrogen-bond acceptors (Lipinski definition) is 3. The van der Waals surface area contributed by atoms with E-state index in [0.717, 1.165) is 18.8 Å². The standard InChI is InChI=1S/C16H29NS2/c1-4-9-16(14-18,10-5-2)13-17(6-3)12-15-8-7-11-19-15/h7-8,11,18H,4-6,9-10,12-14H2,1-3H3. The third-order valence-electron chi connectivity index (χ3n) is 3.86. The van der Waals surface area contributed by atoms with Crippen LogP contribution in [-0.4, -0.2) is 23.7 Å². The second-order valence-corrected chi connectivity index (χ2v) is 6.89. The highest BCUT2D eigenvalue weighted by molar-refractivity contribution is 7.80. The summed E-state index contributed by atoms with van der Waals surface area (Å²) in [6.07, 6.45) is 5.12. The Bertz CT molecular complexity index is 315. The van der Waals surface area contributed by atoms with Gasteiger partial charge in [-0.15, -0.1) is 11.3 Å². The third kappa shape index (κ3) is 5.49. The summed E-state index contributed by atoms with van der Waals surface area (Å²) in [6, 6.07) is 4.40. The zero-order valence-corrected chi connectivity index (χ0v) is 14.4. The summed E-state index contributed by atoms with van der Waals surface area (Å²) in [6.45, 7) is 10.3. The van der Waals surface area contributed by atoms with Crippen molar-refractivity contribution >= 4 is 24.0 Å². The van der Waals surface area contributed by atoms with Crippen LogP contribution in [0.3, 0.4) is 0 Å². The number of thiol groups is 1. The van der Waals surface area contributed by atoms with Crippen LogP contribution in [0.5, 0.6) is 0 Å². The second-order valence-electron chi connectivity index (χ2n) is 5.54. The van der Waals surface area contributed by atoms with Gasteiger partial charge in [0.2, 0.25) is 0 Å². The van der Waals surface area contributed by atoms with Gasteiger partial charge in [-0.2, -0.15) is 12.6 Å². The van der Waals surface area contributed by atoms with Crippen LogP contribution >= 0.6 is 24.0 Å². The molecular weight excluding hydrogens is 270 g/mol. The van der Waals surface area contributed by atoms with E-state index in [0.29, 0.717) is 5.41 Å². The lowest BCUT2D eigenvalue weighted by Gasteiger charge is -2.37. The zero-order chi connectivity index (χ0) is 14.1. The van der Waals surface area contributed by atoms with Gasteiger partial charge in [0.15, 0.2) is 0 Å². The summed E-state index contributed by atoms with van der Waals surface area (Å²) >= 11 is 6.54. The summed E-state index contributed by atoms with van der Waals surface area (Å²) < 4.78 is 0. The molecule has 0 spiro atoms. The van der Waals surface area contributed by atoms with E-state index >= 15 is 0 Å². The average molecular weight is 300 g/mol. The van der Waals surface area contributed by atoms with Gasteiger partial charge in [-0.05, 0) is 42.0 Å². The first-order chi connectivity index (χ1) is 9.19. The average Bonchev–Trinajstić information content (AvgIpc) is 2.91. The molecule has 1 heterocycles. The third-order valence-corrected chi connectivity index (χ3v) is 5.39. The van der Waals surface area contributed by atoms with Crippen molar-refractivity contribution in [2.24, 2.45) is 5.41 Å². The monoisotopic (exact) mass is 299 g/mol. The Morgan fingerprint density at radius 1 is 1.21 bits per heavy atom. The molecular formula is C16H29NS2. The lowest BCUT2D eigenvalue weighted by atomic mass is 9.80. The van der Waals surface area contributed by atoms with Crippen LogP contribution in [0.4, 0.5) is 0 Å². The fourth-order valence-electron chi connectivity index (χ4n) is 2.93. The quantitative estimate of drug-likeness (QED) is 0.589. The van der Waals surface area contributed by atoms with Gasteiger partial charge in [0.05, 0.1) is 0 Å². The maximum Gasteiger partial charge on any atom is 0.0328 e. The van der Waals surface area contributed by atoms with Gasteiger partial charge in [-0.25, -0.2) is 0 Å². The van der Waals surface area contributed by atoms with Gasteiger partial charge in [0.25, 0.3) is 0 Å². The largest absolute Gasteiger partial charge is 0.298 e. The molecule has 0 bridgehead atoms. The molecule has 0 N–H and O–H groups in total. The first-order valence-electron chi connectivity index (χ1n) is 7.55. The molecule has 0 amide bonds. The lowest BCUT2D eigenvalue weighted by Crippen LogP contribution is -2.38. The molecule has 1 aromatic rings. The van der Waals surface area contributed by atoms with Crippen LogP contribution in [0.1, 0.15) is 51.3 Å². The van der Waals surface area contributed by atoms with Gasteiger partial charge in [-0.1, -0.05) is 39.7 Å². The van der Waals surface area contributed by atoms with Crippen molar-refractivity contribution in [3.8, 4) is 0 Å². The van der Waals surface area contributed by atoms with E-state index in [1.807, 2.05) is 11.3 Å². The van der Waals surface area contributed by atoms with Crippen LogP contribution in [0.15, 0.2) is 17.5 Å². The molecule has 0 fully saturated rings. The van der Waals surface area contributed by atoms with Gasteiger partial charge < -0.3 is 0 Å². The number of thiophene rings is 1. The Balaban J connectivity index is 2.68. The predicted molar refractivity (Wildman–Crippen MR) is 91.4 cm³/mol. The highest BCUT2D eigenvalue weighted by atomic mass is 32.1. The van der Waals surface area contributed by atoms with Gasteiger partial charge in [-0.3, -0.25) is 4.90 Å². The number of nitrogens with zero attached hydrogens (tertiary/aromatic N) is 1. The molecule has 1 aromatic heterocycles. The molecule has 0 atom stereocenters. The molecule has 0 saturated carbocycles. The van der Waals surface area contributed by atoms with Crippen molar-refractivity contribution in [3.05, 3.63) is 22.4 Å². The number of rotatable bonds is 10. The fraction of sp³-hybridized carbons (Fsp3) is 0.750. The minimum absolute atomic E-state index is 0.403. The highest BCUT2D eigenvalue weighted by Crippen LogP contribution is 2.33. The van der Waals surface area contributed by atoms with E-state index in [1.165, 1.54) is 37.1 Å². The molecule has 0 unspecified atom stereocenters. The maximum absolute atomic E-state index is 4.67. The molecule has 0 radical (unpaired) electrons. The van der Waals surface area contributed by atoms with Crippen molar-refractivity contribution in [2.45, 2.75) is 53.0 Å². The minimum Gasteiger partial charge on any atom is -0.298 e. The molecule has 3 heteroatoms. The lowest BCUT2D eigenvalue weighted by molar-refractivity contribution is 0.147. The summed E-state index contributed by atoms with van der Waals surface area (Å²) in [5.74, 6) is 1.01. The van der Waals surface area contributed by atoms with Gasteiger partial charge in [0.1, 0.15) is 0 Å². The number of hydrogen-bond donors (Lipinski definition) is 1. The minimum atomic E-state index is 0.403. The van der Waals surface area contributed by atoms with E-state index in [9.17, 15) is 0 Å². The molecule has 0 saturated heterocycles. The van der Waals surface area contributed by atoms with E-state index in [-0.39, 0.29) is 0 Å². The van der Waals surface area contributed by atoms with Crippen LogP contribution < -0.4 is 0 Å². The van der Waals surface area contributed by atoms with Crippen molar-refractivity contribution in [1.82, 2.24) is 4.90 Å². The van der Waals surface area contributed by atoms with Crippen molar-refractivity contribution < 1.29 is 0 Å². The summed E-state index contributed by atoms with van der Waals surface area (Å²) in [7, 11) is 0. The zero-order valence-electron chi connectivity index (χ0n) is 12.7. The van der Waals surface area contributed by atoms with E-state index in [2.05, 4.69) is 55.8 Å². The molecule has 0 aliphatic heterocycles. The molecule has 0 aliphatic carbocycles. The molecule has 0 aromatic carbocycles. The van der Waals surface area contributed by atoms with Gasteiger partial charge in [0, 0.05) is 18.0 Å². The van der Waals surface area contributed by atoms with E-state index in [1.54, 1.807) is 0 Å². The Morgan fingerprint density at radius 2 is 1.89 bits per heavy atom. The Morgan fingerprint density at radius 3 is 2.32 bits per heavy atom. The van der Waals surface area contributed by atoms with Crippen LogP contribution in [0, 0.1) is 5.41 Å². The Labute approximate surface area is 128 Å². The fourth-order valence-corrected chi connectivity index (χ4v) is 4.09. The molecule has 19 heavy (non-hydrogen) atoms. The SMILES string of the molecule is CCCC(CS)(CCC)CN(CC)Cc1cccs1. The molecule has 1 nitrogen and oxygen atoms in total. The molecule has 0 aliphatic rings.